The molecule has 0 aromatic carbocycles. The summed E-state index contributed by atoms with van der Waals surface area (Å²) in [6.45, 7) is 0.617. The molecule has 116 valence electrons. The van der Waals surface area contributed by atoms with E-state index in [0.29, 0.717) is 24.7 Å². The van der Waals surface area contributed by atoms with Crippen molar-refractivity contribution in [1.82, 2.24) is 20.8 Å². The molecule has 0 saturated heterocycles. The fourth-order valence-electron chi connectivity index (χ4n) is 2.07. The molecule has 22 heavy (non-hydrogen) atoms. The molecule has 0 radical (unpaired) electrons. The average molecular weight is 367 g/mol. The van der Waals surface area contributed by atoms with Gasteiger partial charge >= 0.3 is 0 Å². The number of nitrogens with zero attached hydrogens (tertiary/aromatic N) is 1. The second kappa shape index (κ2) is 6.35. The van der Waals surface area contributed by atoms with E-state index in [2.05, 4.69) is 36.8 Å². The highest BCUT2D eigenvalue weighted by Gasteiger charge is 2.30. The number of nitrogens with one attached hydrogen (secondary N) is 3. The number of amides is 2. The summed E-state index contributed by atoms with van der Waals surface area (Å²) in [4.78, 5) is 23.7. The van der Waals surface area contributed by atoms with Gasteiger partial charge < -0.3 is 15.1 Å². The maximum absolute atomic E-state index is 12.0. The van der Waals surface area contributed by atoms with E-state index in [1.807, 2.05) is 0 Å². The molecule has 2 aromatic heterocycles. The SMILES string of the molecule is O=C(NCCNC(=O)c1n[nH]c(C2CC2)c1Br)c1ccco1. The zero-order valence-corrected chi connectivity index (χ0v) is 13.3. The van der Waals surface area contributed by atoms with E-state index in [0.717, 1.165) is 23.0 Å². The standard InChI is InChI=1S/C14H15BrN4O3/c15-10-11(8-3-4-8)18-19-12(10)14(21)17-6-5-16-13(20)9-2-1-7-22-9/h1-2,7-8H,3-6H2,(H,16,20)(H,17,21)(H,18,19). The van der Waals surface area contributed by atoms with Crippen LogP contribution in [0.4, 0.5) is 0 Å². The first-order valence-electron chi connectivity index (χ1n) is 7.00. The van der Waals surface area contributed by atoms with E-state index in [1.54, 1.807) is 12.1 Å². The van der Waals surface area contributed by atoms with Crippen molar-refractivity contribution in [2.24, 2.45) is 0 Å². The van der Waals surface area contributed by atoms with Gasteiger partial charge in [0.2, 0.25) is 0 Å². The summed E-state index contributed by atoms with van der Waals surface area (Å²) >= 11 is 3.41. The topological polar surface area (TPSA) is 100 Å². The summed E-state index contributed by atoms with van der Waals surface area (Å²) < 4.78 is 5.70. The van der Waals surface area contributed by atoms with Crippen LogP contribution in [0.2, 0.25) is 0 Å². The summed E-state index contributed by atoms with van der Waals surface area (Å²) in [5.74, 6) is 0.143. The molecule has 1 aliphatic rings. The molecule has 3 N–H and O–H groups in total. The normalized spacial score (nSPS) is 13.9. The Kier molecular flexibility index (Phi) is 4.28. The minimum atomic E-state index is -0.309. The van der Waals surface area contributed by atoms with E-state index in [-0.39, 0.29) is 17.6 Å². The molecular weight excluding hydrogens is 352 g/mol. The van der Waals surface area contributed by atoms with Crippen LogP contribution in [0.1, 0.15) is 45.5 Å². The van der Waals surface area contributed by atoms with Gasteiger partial charge in [0.1, 0.15) is 0 Å². The molecule has 0 bridgehead atoms. The Morgan fingerprint density at radius 1 is 1.32 bits per heavy atom. The molecule has 8 heteroatoms. The monoisotopic (exact) mass is 366 g/mol. The number of carbonyl (C=O) groups excluding carboxylic acids is 2. The number of hydrogen-bond donors (Lipinski definition) is 3. The van der Waals surface area contributed by atoms with Crippen molar-refractivity contribution in [3.8, 4) is 0 Å². The van der Waals surface area contributed by atoms with Gasteiger partial charge in [-0.25, -0.2) is 0 Å². The minimum Gasteiger partial charge on any atom is -0.459 e. The van der Waals surface area contributed by atoms with Gasteiger partial charge in [0.15, 0.2) is 11.5 Å². The van der Waals surface area contributed by atoms with Gasteiger partial charge in [-0.2, -0.15) is 5.10 Å². The Morgan fingerprint density at radius 2 is 2.05 bits per heavy atom. The van der Waals surface area contributed by atoms with Crippen LogP contribution < -0.4 is 10.6 Å². The van der Waals surface area contributed by atoms with Crippen LogP contribution in [-0.2, 0) is 0 Å². The van der Waals surface area contributed by atoms with E-state index in [9.17, 15) is 9.59 Å². The Labute approximate surface area is 135 Å². The number of rotatable bonds is 6. The van der Waals surface area contributed by atoms with Crippen LogP contribution in [-0.4, -0.2) is 35.1 Å². The van der Waals surface area contributed by atoms with E-state index >= 15 is 0 Å². The third-order valence-electron chi connectivity index (χ3n) is 3.37. The van der Waals surface area contributed by atoms with Crippen molar-refractivity contribution in [3.63, 3.8) is 0 Å². The maximum atomic E-state index is 12.0. The highest BCUT2D eigenvalue weighted by atomic mass is 79.9. The zero-order valence-electron chi connectivity index (χ0n) is 11.7. The lowest BCUT2D eigenvalue weighted by Gasteiger charge is -2.05. The van der Waals surface area contributed by atoms with Crippen molar-refractivity contribution < 1.29 is 14.0 Å². The fourth-order valence-corrected chi connectivity index (χ4v) is 2.75. The Morgan fingerprint density at radius 3 is 2.68 bits per heavy atom. The van der Waals surface area contributed by atoms with Gasteiger partial charge in [0.25, 0.3) is 11.8 Å². The van der Waals surface area contributed by atoms with Crippen molar-refractivity contribution in [2.75, 3.05) is 13.1 Å². The summed E-state index contributed by atoms with van der Waals surface area (Å²) in [6, 6.07) is 3.22. The van der Waals surface area contributed by atoms with Crippen molar-refractivity contribution in [1.29, 1.82) is 0 Å². The zero-order chi connectivity index (χ0) is 15.5. The predicted molar refractivity (Wildman–Crippen MR) is 81.6 cm³/mol. The molecule has 2 amide bonds. The summed E-state index contributed by atoms with van der Waals surface area (Å²) in [7, 11) is 0. The molecular formula is C14H15BrN4O3. The summed E-state index contributed by atoms with van der Waals surface area (Å²) in [5.41, 5.74) is 1.33. The van der Waals surface area contributed by atoms with Gasteiger partial charge in [0, 0.05) is 19.0 Å². The second-order valence-electron chi connectivity index (χ2n) is 5.06. The van der Waals surface area contributed by atoms with E-state index < -0.39 is 0 Å². The first-order valence-corrected chi connectivity index (χ1v) is 7.79. The predicted octanol–water partition coefficient (Wildman–Crippen LogP) is 1.80. The molecule has 0 unspecified atom stereocenters. The molecule has 1 saturated carbocycles. The number of carbonyl (C=O) groups is 2. The number of H-pyrrole nitrogens is 1. The minimum absolute atomic E-state index is 0.246. The maximum Gasteiger partial charge on any atom is 0.287 e. The molecule has 0 aliphatic heterocycles. The largest absolute Gasteiger partial charge is 0.459 e. The van der Waals surface area contributed by atoms with Crippen LogP contribution in [0.25, 0.3) is 0 Å². The van der Waals surface area contributed by atoms with Gasteiger partial charge in [-0.1, -0.05) is 0 Å². The number of furan rings is 1. The molecule has 2 heterocycles. The third kappa shape index (κ3) is 3.22. The fraction of sp³-hybridized carbons (Fsp3) is 0.357. The van der Waals surface area contributed by atoms with E-state index in [1.165, 1.54) is 6.26 Å². The van der Waals surface area contributed by atoms with Gasteiger partial charge in [-0.05, 0) is 40.9 Å². The molecule has 1 fully saturated rings. The number of hydrogen-bond acceptors (Lipinski definition) is 4. The third-order valence-corrected chi connectivity index (χ3v) is 4.18. The molecule has 0 atom stereocenters. The molecule has 3 rings (SSSR count). The van der Waals surface area contributed by atoms with Crippen LogP contribution in [0, 0.1) is 0 Å². The lowest BCUT2D eigenvalue weighted by atomic mass is 10.2. The average Bonchev–Trinajstić information content (AvgIpc) is 3.05. The van der Waals surface area contributed by atoms with Gasteiger partial charge in [0.05, 0.1) is 16.4 Å². The Balaban J connectivity index is 1.45. The second-order valence-corrected chi connectivity index (χ2v) is 5.86. The van der Waals surface area contributed by atoms with Gasteiger partial charge in [-0.3, -0.25) is 14.7 Å². The van der Waals surface area contributed by atoms with Crippen molar-refractivity contribution in [2.45, 2.75) is 18.8 Å². The number of aromatic nitrogens is 2. The number of aromatic amines is 1. The van der Waals surface area contributed by atoms with Crippen LogP contribution in [0.5, 0.6) is 0 Å². The van der Waals surface area contributed by atoms with Crippen LogP contribution in [0.3, 0.4) is 0 Å². The number of halogens is 1. The molecule has 7 nitrogen and oxygen atoms in total. The Bertz CT molecular complexity index is 676. The highest BCUT2D eigenvalue weighted by Crippen LogP contribution is 2.42. The lowest BCUT2D eigenvalue weighted by Crippen LogP contribution is -2.34. The Hall–Kier alpha value is -2.09. The lowest BCUT2D eigenvalue weighted by molar-refractivity contribution is 0.0909. The van der Waals surface area contributed by atoms with Crippen molar-refractivity contribution in [3.05, 3.63) is 40.0 Å². The van der Waals surface area contributed by atoms with E-state index in [4.69, 9.17) is 4.42 Å². The first-order chi connectivity index (χ1) is 10.7. The van der Waals surface area contributed by atoms with Crippen LogP contribution >= 0.6 is 15.9 Å². The first kappa shape index (κ1) is 14.8. The van der Waals surface area contributed by atoms with Crippen LogP contribution in [0.15, 0.2) is 27.3 Å². The quantitative estimate of drug-likeness (QED) is 0.678. The highest BCUT2D eigenvalue weighted by molar-refractivity contribution is 9.10. The van der Waals surface area contributed by atoms with Gasteiger partial charge in [-0.15, -0.1) is 0 Å². The summed E-state index contributed by atoms with van der Waals surface area (Å²) in [6.07, 6.45) is 3.69. The smallest absolute Gasteiger partial charge is 0.287 e. The molecule has 0 spiro atoms. The van der Waals surface area contributed by atoms with Crippen molar-refractivity contribution >= 4 is 27.7 Å². The summed E-state index contributed by atoms with van der Waals surface area (Å²) in [5, 5.41) is 12.3. The molecule has 2 aromatic rings. The molecule has 1 aliphatic carbocycles.